The van der Waals surface area contributed by atoms with Crippen LogP contribution in [0.4, 0.5) is 5.69 Å². The van der Waals surface area contributed by atoms with Crippen molar-refractivity contribution < 1.29 is 19.1 Å². The van der Waals surface area contributed by atoms with E-state index in [1.54, 1.807) is 62.4 Å². The first kappa shape index (κ1) is 18.4. The van der Waals surface area contributed by atoms with Gasteiger partial charge in [0.05, 0.1) is 0 Å². The highest BCUT2D eigenvalue weighted by Gasteiger charge is 2.15. The molecule has 25 heavy (non-hydrogen) atoms. The first-order valence-corrected chi connectivity index (χ1v) is 8.12. The third-order valence-electron chi connectivity index (χ3n) is 3.72. The summed E-state index contributed by atoms with van der Waals surface area (Å²) in [5, 5.41) is 2.73. The molecule has 2 aromatic rings. The number of amides is 1. The molecular weight excluding hydrogens is 318 g/mol. The molecule has 5 nitrogen and oxygen atoms in total. The molecule has 0 unspecified atom stereocenters. The van der Waals surface area contributed by atoms with E-state index < -0.39 is 6.10 Å². The van der Waals surface area contributed by atoms with E-state index in [-0.39, 0.29) is 17.5 Å². The summed E-state index contributed by atoms with van der Waals surface area (Å²) in [5.41, 5.74) is 1.69. The number of rotatable bonds is 7. The van der Waals surface area contributed by atoms with Gasteiger partial charge in [-0.25, -0.2) is 0 Å². The zero-order valence-corrected chi connectivity index (χ0v) is 14.5. The third kappa shape index (κ3) is 5.01. The average molecular weight is 339 g/mol. The minimum atomic E-state index is -0.728. The lowest BCUT2D eigenvalue weighted by Gasteiger charge is -2.15. The Morgan fingerprint density at radius 2 is 1.72 bits per heavy atom. The van der Waals surface area contributed by atoms with Gasteiger partial charge in [0.25, 0.3) is 5.91 Å². The topological polar surface area (TPSA) is 72.5 Å². The van der Waals surface area contributed by atoms with Gasteiger partial charge in [-0.3, -0.25) is 14.4 Å². The monoisotopic (exact) mass is 339 g/mol. The van der Waals surface area contributed by atoms with Gasteiger partial charge in [-0.05, 0) is 50.2 Å². The maximum atomic E-state index is 12.2. The van der Waals surface area contributed by atoms with Gasteiger partial charge < -0.3 is 10.1 Å². The fraction of sp³-hybridized carbons (Fsp3) is 0.250. The number of benzene rings is 2. The second kappa shape index (κ2) is 8.24. The van der Waals surface area contributed by atoms with Crippen molar-refractivity contribution in [2.24, 2.45) is 0 Å². The van der Waals surface area contributed by atoms with E-state index in [0.29, 0.717) is 29.0 Å². The van der Waals surface area contributed by atoms with Gasteiger partial charge in [-0.2, -0.15) is 0 Å². The second-order valence-electron chi connectivity index (χ2n) is 5.69. The normalized spacial score (nSPS) is 11.5. The molecule has 130 valence electrons. The lowest BCUT2D eigenvalue weighted by molar-refractivity contribution is -0.122. The van der Waals surface area contributed by atoms with Crippen LogP contribution in [0.1, 0.15) is 47.9 Å². The van der Waals surface area contributed by atoms with Crippen LogP contribution in [0.25, 0.3) is 0 Å². The molecule has 0 saturated carbocycles. The summed E-state index contributed by atoms with van der Waals surface area (Å²) in [6, 6.07) is 13.4. The van der Waals surface area contributed by atoms with E-state index in [4.69, 9.17) is 4.74 Å². The molecule has 0 aliphatic carbocycles. The third-order valence-corrected chi connectivity index (χ3v) is 3.72. The molecule has 2 aromatic carbocycles. The number of Topliss-reactive ketones (excluding diaryl/α,β-unsaturated/α-hetero) is 2. The predicted molar refractivity (Wildman–Crippen MR) is 96.2 cm³/mol. The van der Waals surface area contributed by atoms with E-state index in [0.717, 1.165) is 0 Å². The molecule has 0 aliphatic heterocycles. The van der Waals surface area contributed by atoms with Gasteiger partial charge in [0.15, 0.2) is 17.7 Å². The van der Waals surface area contributed by atoms with Crippen LogP contribution in [-0.4, -0.2) is 23.6 Å². The van der Waals surface area contributed by atoms with Gasteiger partial charge in [-0.1, -0.05) is 19.1 Å². The summed E-state index contributed by atoms with van der Waals surface area (Å²) in [5.74, 6) is 0.173. The summed E-state index contributed by atoms with van der Waals surface area (Å²) in [7, 11) is 0. The van der Waals surface area contributed by atoms with Crippen molar-refractivity contribution in [1.29, 1.82) is 0 Å². The SMILES string of the molecule is CCC(=O)c1ccc(O[C@@H](C)C(=O)Nc2cccc(C(C)=O)c2)cc1. The fourth-order valence-electron chi connectivity index (χ4n) is 2.24. The molecule has 0 heterocycles. The number of hydrogen-bond donors (Lipinski definition) is 1. The summed E-state index contributed by atoms with van der Waals surface area (Å²) in [4.78, 5) is 35.2. The molecule has 1 atom stereocenters. The number of ether oxygens (including phenoxy) is 1. The molecule has 1 N–H and O–H groups in total. The molecule has 0 saturated heterocycles. The van der Waals surface area contributed by atoms with Crippen molar-refractivity contribution in [3.63, 3.8) is 0 Å². The smallest absolute Gasteiger partial charge is 0.265 e. The maximum absolute atomic E-state index is 12.2. The van der Waals surface area contributed by atoms with Crippen molar-refractivity contribution in [2.75, 3.05) is 5.32 Å². The Kier molecular flexibility index (Phi) is 6.06. The minimum absolute atomic E-state index is 0.0581. The molecule has 0 aromatic heterocycles. The first-order valence-electron chi connectivity index (χ1n) is 8.12. The molecule has 0 bridgehead atoms. The Morgan fingerprint density at radius 3 is 2.32 bits per heavy atom. The molecule has 0 fully saturated rings. The number of nitrogens with one attached hydrogen (secondary N) is 1. The standard InChI is InChI=1S/C20H21NO4/c1-4-19(23)15-8-10-18(11-9-15)25-14(3)20(24)21-17-7-5-6-16(12-17)13(2)22/h5-12,14H,4H2,1-3H3,(H,21,24)/t14-/m0/s1. The summed E-state index contributed by atoms with van der Waals surface area (Å²) in [6.45, 7) is 4.91. The van der Waals surface area contributed by atoms with E-state index in [2.05, 4.69) is 5.32 Å². The predicted octanol–water partition coefficient (Wildman–Crippen LogP) is 3.89. The zero-order valence-electron chi connectivity index (χ0n) is 14.5. The van der Waals surface area contributed by atoms with Crippen LogP contribution in [0.3, 0.4) is 0 Å². The molecule has 0 spiro atoms. The summed E-state index contributed by atoms with van der Waals surface area (Å²) >= 11 is 0. The van der Waals surface area contributed by atoms with Gasteiger partial charge in [-0.15, -0.1) is 0 Å². The highest BCUT2D eigenvalue weighted by molar-refractivity contribution is 5.98. The van der Waals surface area contributed by atoms with Crippen molar-refractivity contribution in [1.82, 2.24) is 0 Å². The molecule has 5 heteroatoms. The Labute approximate surface area is 147 Å². The number of anilines is 1. The Morgan fingerprint density at radius 1 is 1.04 bits per heavy atom. The molecule has 2 rings (SSSR count). The van der Waals surface area contributed by atoms with Crippen LogP contribution in [0, 0.1) is 0 Å². The first-order chi connectivity index (χ1) is 11.9. The van der Waals surface area contributed by atoms with Gasteiger partial charge in [0.1, 0.15) is 5.75 Å². The van der Waals surface area contributed by atoms with Crippen LogP contribution in [-0.2, 0) is 4.79 Å². The van der Waals surface area contributed by atoms with E-state index in [9.17, 15) is 14.4 Å². The van der Waals surface area contributed by atoms with Gasteiger partial charge >= 0.3 is 0 Å². The molecule has 0 aliphatic rings. The van der Waals surface area contributed by atoms with Gasteiger partial charge in [0.2, 0.25) is 0 Å². The van der Waals surface area contributed by atoms with Crippen LogP contribution in [0.2, 0.25) is 0 Å². The Bertz CT molecular complexity index is 781. The summed E-state index contributed by atoms with van der Waals surface area (Å²) in [6.07, 6.45) is -0.285. The lowest BCUT2D eigenvalue weighted by atomic mass is 10.1. The van der Waals surface area contributed by atoms with E-state index in [1.165, 1.54) is 6.92 Å². The quantitative estimate of drug-likeness (QED) is 0.777. The van der Waals surface area contributed by atoms with Crippen molar-refractivity contribution in [2.45, 2.75) is 33.3 Å². The average Bonchev–Trinajstić information content (AvgIpc) is 2.61. The van der Waals surface area contributed by atoms with Crippen molar-refractivity contribution >= 4 is 23.2 Å². The van der Waals surface area contributed by atoms with Crippen LogP contribution >= 0.6 is 0 Å². The number of carbonyl (C=O) groups excluding carboxylic acids is 3. The Hall–Kier alpha value is -2.95. The second-order valence-corrected chi connectivity index (χ2v) is 5.69. The van der Waals surface area contributed by atoms with Crippen LogP contribution in [0.5, 0.6) is 5.75 Å². The lowest BCUT2D eigenvalue weighted by Crippen LogP contribution is -2.30. The highest BCUT2D eigenvalue weighted by atomic mass is 16.5. The maximum Gasteiger partial charge on any atom is 0.265 e. The fourth-order valence-corrected chi connectivity index (χ4v) is 2.24. The van der Waals surface area contributed by atoms with Crippen LogP contribution in [0.15, 0.2) is 48.5 Å². The number of carbonyl (C=O) groups is 3. The van der Waals surface area contributed by atoms with Crippen LogP contribution < -0.4 is 10.1 Å². The van der Waals surface area contributed by atoms with E-state index >= 15 is 0 Å². The van der Waals surface area contributed by atoms with Crippen molar-refractivity contribution in [3.05, 3.63) is 59.7 Å². The molecular formula is C20H21NO4. The summed E-state index contributed by atoms with van der Waals surface area (Å²) < 4.78 is 5.60. The van der Waals surface area contributed by atoms with E-state index in [1.807, 2.05) is 0 Å². The molecule has 0 radical (unpaired) electrons. The largest absolute Gasteiger partial charge is 0.481 e. The Balaban J connectivity index is 1.99. The molecule has 1 amide bonds. The minimum Gasteiger partial charge on any atom is -0.481 e. The van der Waals surface area contributed by atoms with Gasteiger partial charge in [0, 0.05) is 23.2 Å². The van der Waals surface area contributed by atoms with Crippen molar-refractivity contribution in [3.8, 4) is 5.75 Å². The number of hydrogen-bond acceptors (Lipinski definition) is 4. The highest BCUT2D eigenvalue weighted by Crippen LogP contribution is 2.16. The zero-order chi connectivity index (χ0) is 18.4. The number of ketones is 2.